The van der Waals surface area contributed by atoms with Gasteiger partial charge in [-0.3, -0.25) is 9.69 Å². The average Bonchev–Trinajstić information content (AvgIpc) is 2.46. The van der Waals surface area contributed by atoms with Crippen LogP contribution in [0.5, 0.6) is 0 Å². The smallest absolute Gasteiger partial charge is 0.230 e. The van der Waals surface area contributed by atoms with Crippen molar-refractivity contribution < 1.29 is 9.53 Å². The van der Waals surface area contributed by atoms with Crippen LogP contribution in [-0.4, -0.2) is 67.7 Å². The molecular formula is C15H29Cl2N3O2. The van der Waals surface area contributed by atoms with Crippen molar-refractivity contribution in [1.29, 1.82) is 0 Å². The van der Waals surface area contributed by atoms with Crippen molar-refractivity contribution in [3.05, 3.63) is 0 Å². The molecule has 130 valence electrons. The maximum absolute atomic E-state index is 12.8. The van der Waals surface area contributed by atoms with E-state index in [2.05, 4.69) is 4.90 Å². The highest BCUT2D eigenvalue weighted by molar-refractivity contribution is 5.85. The fourth-order valence-electron chi connectivity index (χ4n) is 3.64. The fraction of sp³-hybridized carbons (Fsp3) is 0.933. The van der Waals surface area contributed by atoms with Crippen molar-refractivity contribution >= 4 is 30.7 Å². The van der Waals surface area contributed by atoms with Gasteiger partial charge >= 0.3 is 0 Å². The largest absolute Gasteiger partial charge is 0.381 e. The maximum atomic E-state index is 12.8. The Bertz CT molecular complexity index is 353. The zero-order valence-corrected chi connectivity index (χ0v) is 14.8. The zero-order chi connectivity index (χ0) is 14.0. The third-order valence-electron chi connectivity index (χ3n) is 5.49. The molecule has 2 saturated heterocycles. The van der Waals surface area contributed by atoms with Crippen molar-refractivity contribution in [1.82, 2.24) is 9.80 Å². The van der Waals surface area contributed by atoms with Gasteiger partial charge in [-0.05, 0) is 25.7 Å². The predicted molar refractivity (Wildman–Crippen MR) is 91.8 cm³/mol. The van der Waals surface area contributed by atoms with Crippen molar-refractivity contribution in [3.8, 4) is 0 Å². The lowest BCUT2D eigenvalue weighted by Gasteiger charge is -2.45. The van der Waals surface area contributed by atoms with Gasteiger partial charge in [0.15, 0.2) is 0 Å². The molecule has 0 bridgehead atoms. The molecule has 0 radical (unpaired) electrons. The first kappa shape index (κ1) is 20.0. The summed E-state index contributed by atoms with van der Waals surface area (Å²) in [7, 11) is 0. The standard InChI is InChI=1S/C15H27N3O2.2ClH/c16-12-15(4-10-20-11-5-15)14(19)18-8-6-17(7-9-18)13-2-1-3-13;;/h13H,1-12,16H2;2*1H. The Morgan fingerprint density at radius 1 is 1.09 bits per heavy atom. The number of halogens is 2. The predicted octanol–water partition coefficient (Wildman–Crippen LogP) is 1.28. The molecule has 3 aliphatic rings. The van der Waals surface area contributed by atoms with E-state index in [1.54, 1.807) is 0 Å². The second kappa shape index (κ2) is 8.69. The van der Waals surface area contributed by atoms with Crippen LogP contribution >= 0.6 is 24.8 Å². The Kier molecular flexibility index (Phi) is 7.89. The molecular weight excluding hydrogens is 325 g/mol. The molecule has 0 aromatic carbocycles. The fourth-order valence-corrected chi connectivity index (χ4v) is 3.64. The van der Waals surface area contributed by atoms with E-state index in [1.807, 2.05) is 4.90 Å². The molecule has 0 spiro atoms. The molecule has 22 heavy (non-hydrogen) atoms. The van der Waals surface area contributed by atoms with Crippen LogP contribution in [0.3, 0.4) is 0 Å². The number of ether oxygens (including phenoxy) is 1. The van der Waals surface area contributed by atoms with E-state index in [9.17, 15) is 4.79 Å². The van der Waals surface area contributed by atoms with Gasteiger partial charge in [0.1, 0.15) is 0 Å². The van der Waals surface area contributed by atoms with Crippen LogP contribution in [0.2, 0.25) is 0 Å². The summed E-state index contributed by atoms with van der Waals surface area (Å²) in [4.78, 5) is 17.4. The van der Waals surface area contributed by atoms with Gasteiger partial charge in [0.2, 0.25) is 5.91 Å². The highest BCUT2D eigenvalue weighted by Gasteiger charge is 2.42. The molecule has 0 aromatic heterocycles. The Hall–Kier alpha value is -0.0700. The molecule has 2 heterocycles. The van der Waals surface area contributed by atoms with Crippen molar-refractivity contribution in [3.63, 3.8) is 0 Å². The Labute approximate surface area is 145 Å². The molecule has 3 rings (SSSR count). The SMILES string of the molecule is Cl.Cl.NCC1(C(=O)N2CCN(C3CCC3)CC2)CCOCC1. The molecule has 0 aromatic rings. The number of carbonyl (C=O) groups excluding carboxylic acids is 1. The Morgan fingerprint density at radius 3 is 2.14 bits per heavy atom. The third-order valence-corrected chi connectivity index (χ3v) is 5.49. The number of hydrogen-bond acceptors (Lipinski definition) is 4. The van der Waals surface area contributed by atoms with Crippen LogP contribution in [0.25, 0.3) is 0 Å². The summed E-state index contributed by atoms with van der Waals surface area (Å²) in [6.07, 6.45) is 5.63. The minimum absolute atomic E-state index is 0. The van der Waals surface area contributed by atoms with Crippen LogP contribution in [0, 0.1) is 5.41 Å². The van der Waals surface area contributed by atoms with Crippen LogP contribution in [0.4, 0.5) is 0 Å². The number of nitrogens with two attached hydrogens (primary N) is 1. The van der Waals surface area contributed by atoms with Crippen molar-refractivity contribution in [2.24, 2.45) is 11.1 Å². The maximum Gasteiger partial charge on any atom is 0.230 e. The molecule has 2 aliphatic heterocycles. The van der Waals surface area contributed by atoms with E-state index in [0.29, 0.717) is 19.8 Å². The molecule has 0 atom stereocenters. The lowest BCUT2D eigenvalue weighted by molar-refractivity contribution is -0.149. The van der Waals surface area contributed by atoms with E-state index in [-0.39, 0.29) is 36.1 Å². The number of piperazine rings is 1. The van der Waals surface area contributed by atoms with Crippen LogP contribution in [-0.2, 0) is 9.53 Å². The molecule has 2 N–H and O–H groups in total. The summed E-state index contributed by atoms with van der Waals surface area (Å²) in [5.74, 6) is 0.275. The summed E-state index contributed by atoms with van der Waals surface area (Å²) in [6.45, 7) is 5.62. The minimum atomic E-state index is -0.350. The summed E-state index contributed by atoms with van der Waals surface area (Å²) in [5, 5.41) is 0. The Balaban J connectivity index is 0.00000121. The number of carbonyl (C=O) groups is 1. The first-order valence-electron chi connectivity index (χ1n) is 8.06. The minimum Gasteiger partial charge on any atom is -0.381 e. The average molecular weight is 354 g/mol. The molecule has 0 unspecified atom stereocenters. The van der Waals surface area contributed by atoms with E-state index < -0.39 is 0 Å². The van der Waals surface area contributed by atoms with Crippen molar-refractivity contribution in [2.45, 2.75) is 38.1 Å². The van der Waals surface area contributed by atoms with E-state index in [0.717, 1.165) is 45.1 Å². The third kappa shape index (κ3) is 3.88. The van der Waals surface area contributed by atoms with Crippen molar-refractivity contribution in [2.75, 3.05) is 45.9 Å². The number of amides is 1. The first-order valence-corrected chi connectivity index (χ1v) is 8.06. The number of nitrogens with zero attached hydrogens (tertiary/aromatic N) is 2. The normalized spacial score (nSPS) is 25.6. The molecule has 7 heteroatoms. The molecule has 1 amide bonds. The summed E-state index contributed by atoms with van der Waals surface area (Å²) < 4.78 is 5.40. The zero-order valence-electron chi connectivity index (χ0n) is 13.2. The summed E-state index contributed by atoms with van der Waals surface area (Å²) >= 11 is 0. The van der Waals surface area contributed by atoms with E-state index in [1.165, 1.54) is 19.3 Å². The number of hydrogen-bond donors (Lipinski definition) is 1. The summed E-state index contributed by atoms with van der Waals surface area (Å²) in [6, 6.07) is 0.791. The van der Waals surface area contributed by atoms with E-state index >= 15 is 0 Å². The first-order chi connectivity index (χ1) is 9.75. The highest BCUT2D eigenvalue weighted by Crippen LogP contribution is 2.32. The van der Waals surface area contributed by atoms with Crippen LogP contribution < -0.4 is 5.73 Å². The van der Waals surface area contributed by atoms with E-state index in [4.69, 9.17) is 10.5 Å². The molecule has 1 aliphatic carbocycles. The van der Waals surface area contributed by atoms with Gasteiger partial charge in [-0.2, -0.15) is 0 Å². The van der Waals surface area contributed by atoms with Gasteiger partial charge in [-0.25, -0.2) is 0 Å². The van der Waals surface area contributed by atoms with Gasteiger partial charge < -0.3 is 15.4 Å². The quantitative estimate of drug-likeness (QED) is 0.830. The second-order valence-corrected chi connectivity index (χ2v) is 6.51. The monoisotopic (exact) mass is 353 g/mol. The van der Waals surface area contributed by atoms with Gasteiger partial charge in [0.25, 0.3) is 0 Å². The highest BCUT2D eigenvalue weighted by atomic mass is 35.5. The van der Waals surface area contributed by atoms with Gasteiger partial charge in [0.05, 0.1) is 5.41 Å². The topological polar surface area (TPSA) is 58.8 Å². The molecule has 5 nitrogen and oxygen atoms in total. The molecule has 3 fully saturated rings. The molecule has 1 saturated carbocycles. The second-order valence-electron chi connectivity index (χ2n) is 6.51. The summed E-state index contributed by atoms with van der Waals surface area (Å²) in [5.41, 5.74) is 5.59. The Morgan fingerprint density at radius 2 is 1.68 bits per heavy atom. The van der Waals surface area contributed by atoms with Gasteiger partial charge in [-0.1, -0.05) is 6.42 Å². The lowest BCUT2D eigenvalue weighted by Crippen LogP contribution is -2.58. The number of rotatable bonds is 3. The van der Waals surface area contributed by atoms with Crippen LogP contribution in [0.1, 0.15) is 32.1 Å². The lowest BCUT2D eigenvalue weighted by atomic mass is 9.78. The van der Waals surface area contributed by atoms with Crippen LogP contribution in [0.15, 0.2) is 0 Å². The van der Waals surface area contributed by atoms with Gasteiger partial charge in [0, 0.05) is 52.0 Å². The van der Waals surface area contributed by atoms with Gasteiger partial charge in [-0.15, -0.1) is 24.8 Å².